The maximum absolute atomic E-state index is 12.4. The number of rotatable bonds is 9. The topological polar surface area (TPSA) is 97.4 Å². The van der Waals surface area contributed by atoms with Gasteiger partial charge in [-0.15, -0.1) is 11.3 Å². The van der Waals surface area contributed by atoms with Crippen molar-refractivity contribution in [3.63, 3.8) is 0 Å². The minimum Gasteiger partial charge on any atom is -0.496 e. The second-order valence-electron chi connectivity index (χ2n) is 6.65. The Balaban J connectivity index is 1.51. The highest BCUT2D eigenvalue weighted by Crippen LogP contribution is 2.21. The number of thiazole rings is 1. The molecule has 0 saturated heterocycles. The van der Waals surface area contributed by atoms with Crippen LogP contribution >= 0.6 is 11.3 Å². The first-order chi connectivity index (χ1) is 14.4. The first-order valence-corrected chi connectivity index (χ1v) is 11.7. The van der Waals surface area contributed by atoms with Crippen LogP contribution in [0.3, 0.4) is 0 Å². The number of nitrogens with one attached hydrogen (secondary N) is 2. The molecule has 0 atom stereocenters. The molecule has 0 spiro atoms. The molecule has 1 amide bonds. The van der Waals surface area contributed by atoms with E-state index in [0.717, 1.165) is 16.9 Å². The van der Waals surface area contributed by atoms with E-state index in [2.05, 4.69) is 15.0 Å². The van der Waals surface area contributed by atoms with Crippen molar-refractivity contribution in [1.29, 1.82) is 0 Å². The Morgan fingerprint density at radius 3 is 2.60 bits per heavy atom. The van der Waals surface area contributed by atoms with Crippen LogP contribution in [-0.2, 0) is 27.8 Å². The Hall–Kier alpha value is -2.91. The van der Waals surface area contributed by atoms with Gasteiger partial charge in [0, 0.05) is 23.9 Å². The number of para-hydroxylation sites is 1. The monoisotopic (exact) mass is 445 g/mol. The number of aryl methyl sites for hydroxylation is 2. The normalized spacial score (nSPS) is 11.1. The average molecular weight is 446 g/mol. The number of nitrogens with zero attached hydrogens (tertiary/aromatic N) is 1. The Bertz CT molecular complexity index is 1110. The summed E-state index contributed by atoms with van der Waals surface area (Å²) in [6.07, 6.45) is 0.670. The molecule has 158 valence electrons. The Morgan fingerprint density at radius 2 is 1.87 bits per heavy atom. The third kappa shape index (κ3) is 5.80. The molecular weight excluding hydrogens is 422 g/mol. The molecular formula is C21H23N3O4S2. The summed E-state index contributed by atoms with van der Waals surface area (Å²) in [5, 5.41) is 4.89. The minimum absolute atomic E-state index is 0.115. The first kappa shape index (κ1) is 21.8. The van der Waals surface area contributed by atoms with Gasteiger partial charge in [-0.3, -0.25) is 9.52 Å². The van der Waals surface area contributed by atoms with E-state index >= 15 is 0 Å². The van der Waals surface area contributed by atoms with Gasteiger partial charge < -0.3 is 10.1 Å². The van der Waals surface area contributed by atoms with Crippen molar-refractivity contribution < 1.29 is 17.9 Å². The number of methoxy groups -OCH3 is 1. The highest BCUT2D eigenvalue weighted by Gasteiger charge is 2.16. The predicted molar refractivity (Wildman–Crippen MR) is 117 cm³/mol. The van der Waals surface area contributed by atoms with Gasteiger partial charge in [0.05, 0.1) is 17.7 Å². The molecule has 0 unspecified atom stereocenters. The zero-order chi connectivity index (χ0) is 21.6. The number of hydrogen-bond donors (Lipinski definition) is 2. The third-order valence-corrected chi connectivity index (χ3v) is 6.67. The van der Waals surface area contributed by atoms with Gasteiger partial charge in [0.2, 0.25) is 5.91 Å². The summed E-state index contributed by atoms with van der Waals surface area (Å²) in [6.45, 7) is 2.27. The Morgan fingerprint density at radius 1 is 1.13 bits per heavy atom. The van der Waals surface area contributed by atoms with Crippen LogP contribution in [0.2, 0.25) is 0 Å². The minimum atomic E-state index is -3.69. The molecule has 0 fully saturated rings. The fourth-order valence-electron chi connectivity index (χ4n) is 2.73. The van der Waals surface area contributed by atoms with Crippen molar-refractivity contribution in [2.45, 2.75) is 31.2 Å². The molecule has 0 bridgehead atoms. The number of benzene rings is 2. The molecule has 1 aromatic heterocycles. The lowest BCUT2D eigenvalue weighted by Crippen LogP contribution is -2.23. The molecule has 3 rings (SSSR count). The van der Waals surface area contributed by atoms with Gasteiger partial charge in [0.25, 0.3) is 10.0 Å². The van der Waals surface area contributed by atoms with Gasteiger partial charge in [-0.25, -0.2) is 13.4 Å². The summed E-state index contributed by atoms with van der Waals surface area (Å²) in [5.41, 5.74) is 2.54. The molecule has 9 heteroatoms. The zero-order valence-corrected chi connectivity index (χ0v) is 18.3. The molecule has 2 N–H and O–H groups in total. The lowest BCUT2D eigenvalue weighted by Gasteiger charge is -2.09. The standard InChI is InChI=1S/C21H23N3O4S2/c1-15-7-10-18(11-8-15)30(26,27)24-21-23-17(14-29-21)9-12-20(25)22-13-16-5-3-4-6-19(16)28-2/h3-8,10-11,14H,9,12-13H2,1-2H3,(H,22,25)(H,23,24). The lowest BCUT2D eigenvalue weighted by molar-refractivity contribution is -0.121. The number of carbonyl (C=O) groups excluding carboxylic acids is 1. The van der Waals surface area contributed by atoms with Gasteiger partial charge in [0.15, 0.2) is 5.13 Å². The Kier molecular flexibility index (Phi) is 7.07. The summed E-state index contributed by atoms with van der Waals surface area (Å²) in [5.74, 6) is 0.610. The molecule has 0 saturated carbocycles. The SMILES string of the molecule is COc1ccccc1CNC(=O)CCc1csc(NS(=O)(=O)c2ccc(C)cc2)n1. The molecule has 0 radical (unpaired) electrons. The van der Waals surface area contributed by atoms with Crippen LogP contribution in [0.4, 0.5) is 5.13 Å². The van der Waals surface area contributed by atoms with E-state index in [1.54, 1.807) is 36.8 Å². The van der Waals surface area contributed by atoms with Crippen LogP contribution in [0.1, 0.15) is 23.2 Å². The van der Waals surface area contributed by atoms with Crippen molar-refractivity contribution >= 4 is 32.4 Å². The molecule has 0 aliphatic rings. The summed E-state index contributed by atoms with van der Waals surface area (Å²) in [7, 11) is -2.10. The predicted octanol–water partition coefficient (Wildman–Crippen LogP) is 3.51. The number of anilines is 1. The van der Waals surface area contributed by atoms with E-state index in [4.69, 9.17) is 4.74 Å². The fourth-order valence-corrected chi connectivity index (χ4v) is 4.73. The van der Waals surface area contributed by atoms with Crippen LogP contribution in [0.5, 0.6) is 5.75 Å². The van der Waals surface area contributed by atoms with E-state index in [9.17, 15) is 13.2 Å². The van der Waals surface area contributed by atoms with Crippen LogP contribution in [-0.4, -0.2) is 26.4 Å². The lowest BCUT2D eigenvalue weighted by atomic mass is 10.2. The quantitative estimate of drug-likeness (QED) is 0.525. The Labute approximate surface area is 180 Å². The van der Waals surface area contributed by atoms with Crippen LogP contribution < -0.4 is 14.8 Å². The molecule has 0 aliphatic heterocycles. The molecule has 0 aliphatic carbocycles. The van der Waals surface area contributed by atoms with Gasteiger partial charge in [-0.2, -0.15) is 0 Å². The van der Waals surface area contributed by atoms with Gasteiger partial charge in [-0.05, 0) is 31.5 Å². The highest BCUT2D eigenvalue weighted by atomic mass is 32.2. The van der Waals surface area contributed by atoms with Gasteiger partial charge >= 0.3 is 0 Å². The van der Waals surface area contributed by atoms with Crippen molar-refractivity contribution in [2.75, 3.05) is 11.8 Å². The number of amides is 1. The van der Waals surface area contributed by atoms with Crippen molar-refractivity contribution in [1.82, 2.24) is 10.3 Å². The molecule has 2 aromatic carbocycles. The third-order valence-electron chi connectivity index (χ3n) is 4.38. The van der Waals surface area contributed by atoms with Crippen molar-refractivity contribution in [2.24, 2.45) is 0 Å². The maximum Gasteiger partial charge on any atom is 0.263 e. The van der Waals surface area contributed by atoms with E-state index in [0.29, 0.717) is 18.7 Å². The molecule has 1 heterocycles. The maximum atomic E-state index is 12.4. The summed E-state index contributed by atoms with van der Waals surface area (Å²) < 4.78 is 32.6. The van der Waals surface area contributed by atoms with E-state index in [1.165, 1.54) is 11.3 Å². The number of ether oxygens (including phenoxy) is 1. The van der Waals surface area contributed by atoms with Crippen LogP contribution in [0, 0.1) is 6.92 Å². The number of sulfonamides is 1. The number of aromatic nitrogens is 1. The van der Waals surface area contributed by atoms with E-state index < -0.39 is 10.0 Å². The second-order valence-corrected chi connectivity index (χ2v) is 9.19. The molecule has 30 heavy (non-hydrogen) atoms. The highest BCUT2D eigenvalue weighted by molar-refractivity contribution is 7.93. The summed E-state index contributed by atoms with van der Waals surface area (Å²) in [4.78, 5) is 16.6. The number of carbonyl (C=O) groups is 1. The zero-order valence-electron chi connectivity index (χ0n) is 16.7. The van der Waals surface area contributed by atoms with Crippen LogP contribution in [0.25, 0.3) is 0 Å². The summed E-state index contributed by atoms with van der Waals surface area (Å²) in [6, 6.07) is 14.1. The van der Waals surface area contributed by atoms with E-state index in [1.807, 2.05) is 31.2 Å². The largest absolute Gasteiger partial charge is 0.496 e. The van der Waals surface area contributed by atoms with Gasteiger partial charge in [0.1, 0.15) is 5.75 Å². The van der Waals surface area contributed by atoms with Gasteiger partial charge in [-0.1, -0.05) is 35.9 Å². The molecule has 3 aromatic rings. The first-order valence-electron chi connectivity index (χ1n) is 9.30. The second kappa shape index (κ2) is 9.73. The summed E-state index contributed by atoms with van der Waals surface area (Å²) >= 11 is 1.19. The van der Waals surface area contributed by atoms with Crippen LogP contribution in [0.15, 0.2) is 58.8 Å². The molecule has 7 nitrogen and oxygen atoms in total. The fraction of sp³-hybridized carbons (Fsp3) is 0.238. The van der Waals surface area contributed by atoms with Crippen molar-refractivity contribution in [3.8, 4) is 5.75 Å². The van der Waals surface area contributed by atoms with E-state index in [-0.39, 0.29) is 22.4 Å². The van der Waals surface area contributed by atoms with Crippen molar-refractivity contribution in [3.05, 3.63) is 70.7 Å². The number of hydrogen-bond acceptors (Lipinski definition) is 6. The average Bonchev–Trinajstić information content (AvgIpc) is 3.17. The smallest absolute Gasteiger partial charge is 0.263 e.